The number of ether oxygens (including phenoxy) is 1. The fourth-order valence-corrected chi connectivity index (χ4v) is 3.11. The van der Waals surface area contributed by atoms with Crippen LogP contribution in [0.3, 0.4) is 0 Å². The molecule has 1 atom stereocenters. The zero-order valence-electron chi connectivity index (χ0n) is 13.5. The predicted octanol–water partition coefficient (Wildman–Crippen LogP) is 1.90. The van der Waals surface area contributed by atoms with Crippen molar-refractivity contribution in [3.63, 3.8) is 0 Å². The maximum atomic E-state index is 12.8. The van der Waals surface area contributed by atoms with Gasteiger partial charge in [0, 0.05) is 32.3 Å². The van der Waals surface area contributed by atoms with Crippen LogP contribution >= 0.6 is 0 Å². The first kappa shape index (κ1) is 16.1. The van der Waals surface area contributed by atoms with Gasteiger partial charge in [0.05, 0.1) is 18.3 Å². The van der Waals surface area contributed by atoms with Gasteiger partial charge in [-0.2, -0.15) is 0 Å². The lowest BCUT2D eigenvalue weighted by Gasteiger charge is -2.26. The number of rotatable bonds is 6. The Kier molecular flexibility index (Phi) is 5.77. The summed E-state index contributed by atoms with van der Waals surface area (Å²) in [6, 6.07) is 5.83. The van der Waals surface area contributed by atoms with Crippen LogP contribution in [-0.4, -0.2) is 48.1 Å². The molecule has 124 valence electrons. The molecule has 0 spiro atoms. The zero-order chi connectivity index (χ0) is 15.9. The molecular weight excluding hydrogens is 290 g/mol. The first-order chi connectivity index (χ1) is 11.3. The van der Waals surface area contributed by atoms with E-state index in [2.05, 4.69) is 16.4 Å². The Morgan fingerprint density at radius 3 is 3.09 bits per heavy atom. The minimum absolute atomic E-state index is 0.171. The number of carbonyl (C=O) groups excluding carboxylic acids is 1. The van der Waals surface area contributed by atoms with Crippen molar-refractivity contribution in [1.29, 1.82) is 0 Å². The standard InChI is InChI=1S/C18H25N3O2/c22-18(12-15-6-9-19-10-7-15)21(14-17-5-3-11-23-17)13-16-4-1-2-8-20-16/h1-2,4,6,8,17,19H,3,5,7,9-14H2/t17-/m0/s1. The van der Waals surface area contributed by atoms with Gasteiger partial charge in [0.2, 0.25) is 5.91 Å². The highest BCUT2D eigenvalue weighted by Gasteiger charge is 2.23. The van der Waals surface area contributed by atoms with Gasteiger partial charge < -0.3 is 15.0 Å². The monoisotopic (exact) mass is 315 g/mol. The second kappa shape index (κ2) is 8.22. The second-order valence-electron chi connectivity index (χ2n) is 6.22. The van der Waals surface area contributed by atoms with E-state index in [9.17, 15) is 4.79 Å². The summed E-state index contributed by atoms with van der Waals surface area (Å²) >= 11 is 0. The highest BCUT2D eigenvalue weighted by Crippen LogP contribution is 2.18. The van der Waals surface area contributed by atoms with E-state index in [1.54, 1.807) is 6.20 Å². The van der Waals surface area contributed by atoms with Crippen molar-refractivity contribution in [1.82, 2.24) is 15.2 Å². The first-order valence-electron chi connectivity index (χ1n) is 8.49. The highest BCUT2D eigenvalue weighted by atomic mass is 16.5. The maximum Gasteiger partial charge on any atom is 0.227 e. The van der Waals surface area contributed by atoms with Crippen molar-refractivity contribution in [3.05, 3.63) is 41.7 Å². The van der Waals surface area contributed by atoms with Crippen LogP contribution in [0.15, 0.2) is 36.0 Å². The van der Waals surface area contributed by atoms with Crippen molar-refractivity contribution >= 4 is 5.91 Å². The molecular formula is C18H25N3O2. The first-order valence-corrected chi connectivity index (χ1v) is 8.49. The lowest BCUT2D eigenvalue weighted by molar-refractivity contribution is -0.132. The molecule has 2 aliphatic heterocycles. The summed E-state index contributed by atoms with van der Waals surface area (Å²) in [6.07, 6.45) is 7.70. The van der Waals surface area contributed by atoms with Crippen molar-refractivity contribution in [2.45, 2.75) is 38.3 Å². The molecule has 3 rings (SSSR count). The summed E-state index contributed by atoms with van der Waals surface area (Å²) < 4.78 is 5.72. The largest absolute Gasteiger partial charge is 0.376 e. The molecule has 0 aromatic carbocycles. The lowest BCUT2D eigenvalue weighted by atomic mass is 10.0. The van der Waals surface area contributed by atoms with E-state index in [1.165, 1.54) is 5.57 Å². The van der Waals surface area contributed by atoms with E-state index in [0.717, 1.165) is 44.7 Å². The van der Waals surface area contributed by atoms with E-state index in [-0.39, 0.29) is 12.0 Å². The maximum absolute atomic E-state index is 12.8. The molecule has 23 heavy (non-hydrogen) atoms. The minimum Gasteiger partial charge on any atom is -0.376 e. The Hall–Kier alpha value is -1.72. The lowest BCUT2D eigenvalue weighted by Crippen LogP contribution is -2.37. The van der Waals surface area contributed by atoms with Gasteiger partial charge in [0.1, 0.15) is 0 Å². The average Bonchev–Trinajstić information content (AvgIpc) is 3.09. The molecule has 2 aliphatic rings. The summed E-state index contributed by atoms with van der Waals surface area (Å²) in [5, 5.41) is 3.28. The Labute approximate surface area is 137 Å². The number of amides is 1. The summed E-state index contributed by atoms with van der Waals surface area (Å²) in [4.78, 5) is 19.1. The Balaban J connectivity index is 1.65. The van der Waals surface area contributed by atoms with Crippen LogP contribution in [0.4, 0.5) is 0 Å². The Morgan fingerprint density at radius 1 is 1.43 bits per heavy atom. The van der Waals surface area contributed by atoms with E-state index in [1.807, 2.05) is 23.1 Å². The molecule has 1 fully saturated rings. The van der Waals surface area contributed by atoms with E-state index < -0.39 is 0 Å². The van der Waals surface area contributed by atoms with Gasteiger partial charge in [-0.25, -0.2) is 0 Å². The molecule has 3 heterocycles. The van der Waals surface area contributed by atoms with E-state index >= 15 is 0 Å². The van der Waals surface area contributed by atoms with Crippen molar-refractivity contribution in [2.24, 2.45) is 0 Å². The zero-order valence-corrected chi connectivity index (χ0v) is 13.5. The van der Waals surface area contributed by atoms with Crippen LogP contribution in [0.1, 0.15) is 31.4 Å². The topological polar surface area (TPSA) is 54.5 Å². The summed E-state index contributed by atoms with van der Waals surface area (Å²) in [5.41, 5.74) is 2.17. The van der Waals surface area contributed by atoms with Crippen molar-refractivity contribution < 1.29 is 9.53 Å². The summed E-state index contributed by atoms with van der Waals surface area (Å²) in [6.45, 7) is 3.87. The van der Waals surface area contributed by atoms with Crippen LogP contribution in [-0.2, 0) is 16.1 Å². The quantitative estimate of drug-likeness (QED) is 0.815. The molecule has 0 saturated carbocycles. The fourth-order valence-electron chi connectivity index (χ4n) is 3.11. The minimum atomic E-state index is 0.171. The molecule has 5 nitrogen and oxygen atoms in total. The number of hydrogen-bond acceptors (Lipinski definition) is 4. The van der Waals surface area contributed by atoms with Crippen LogP contribution in [0.25, 0.3) is 0 Å². The van der Waals surface area contributed by atoms with Crippen LogP contribution in [0.5, 0.6) is 0 Å². The molecule has 0 unspecified atom stereocenters. The van der Waals surface area contributed by atoms with Gasteiger partial charge in [0.25, 0.3) is 0 Å². The number of carbonyl (C=O) groups is 1. The third-order valence-electron chi connectivity index (χ3n) is 4.42. The molecule has 1 aromatic heterocycles. The number of aromatic nitrogens is 1. The number of pyridine rings is 1. The third kappa shape index (κ3) is 4.88. The number of nitrogens with zero attached hydrogens (tertiary/aromatic N) is 2. The molecule has 1 aromatic rings. The average molecular weight is 315 g/mol. The van der Waals surface area contributed by atoms with Gasteiger partial charge >= 0.3 is 0 Å². The predicted molar refractivity (Wildman–Crippen MR) is 88.8 cm³/mol. The van der Waals surface area contributed by atoms with Crippen molar-refractivity contribution in [3.8, 4) is 0 Å². The fraction of sp³-hybridized carbons (Fsp3) is 0.556. The highest BCUT2D eigenvalue weighted by molar-refractivity contribution is 5.78. The van der Waals surface area contributed by atoms with Gasteiger partial charge in [0.15, 0.2) is 0 Å². The summed E-state index contributed by atoms with van der Waals surface area (Å²) in [7, 11) is 0. The van der Waals surface area contributed by atoms with Crippen LogP contribution in [0.2, 0.25) is 0 Å². The Morgan fingerprint density at radius 2 is 2.39 bits per heavy atom. The SMILES string of the molecule is O=C(CC1=CCNCC1)N(Cc1ccccn1)C[C@@H]1CCCO1. The van der Waals surface area contributed by atoms with E-state index in [4.69, 9.17) is 4.74 Å². The van der Waals surface area contributed by atoms with Gasteiger partial charge in [-0.3, -0.25) is 9.78 Å². The van der Waals surface area contributed by atoms with Gasteiger partial charge in [-0.15, -0.1) is 0 Å². The Bertz CT molecular complexity index is 538. The van der Waals surface area contributed by atoms with Gasteiger partial charge in [-0.1, -0.05) is 17.7 Å². The third-order valence-corrected chi connectivity index (χ3v) is 4.42. The van der Waals surface area contributed by atoms with E-state index in [0.29, 0.717) is 19.5 Å². The molecule has 1 saturated heterocycles. The van der Waals surface area contributed by atoms with Gasteiger partial charge in [-0.05, 0) is 37.9 Å². The molecule has 5 heteroatoms. The number of hydrogen-bond donors (Lipinski definition) is 1. The second-order valence-corrected chi connectivity index (χ2v) is 6.22. The van der Waals surface area contributed by atoms with Crippen LogP contribution in [0, 0.1) is 0 Å². The molecule has 0 radical (unpaired) electrons. The number of nitrogens with one attached hydrogen (secondary N) is 1. The molecule has 0 bridgehead atoms. The normalized spacial score (nSPS) is 21.0. The van der Waals surface area contributed by atoms with Crippen molar-refractivity contribution in [2.75, 3.05) is 26.2 Å². The molecule has 0 aliphatic carbocycles. The molecule has 1 amide bonds. The van der Waals surface area contributed by atoms with Crippen LogP contribution < -0.4 is 5.32 Å². The summed E-state index contributed by atoms with van der Waals surface area (Å²) in [5.74, 6) is 0.180. The molecule has 1 N–H and O–H groups in total. The smallest absolute Gasteiger partial charge is 0.227 e.